The van der Waals surface area contributed by atoms with E-state index in [1.54, 1.807) is 6.20 Å². The van der Waals surface area contributed by atoms with Gasteiger partial charge in [-0.1, -0.05) is 18.2 Å². The quantitative estimate of drug-likeness (QED) is 0.576. The fourth-order valence-corrected chi connectivity index (χ4v) is 3.52. The maximum absolute atomic E-state index is 6.38. The second-order valence-electron chi connectivity index (χ2n) is 6.81. The lowest BCUT2D eigenvalue weighted by atomic mass is 10.1. The second-order valence-corrected chi connectivity index (χ2v) is 6.81. The number of para-hydroxylation sites is 1. The summed E-state index contributed by atoms with van der Waals surface area (Å²) in [7, 11) is 0. The molecule has 1 unspecified atom stereocenters. The highest BCUT2D eigenvalue weighted by molar-refractivity contribution is 5.97. The van der Waals surface area contributed by atoms with Gasteiger partial charge in [0.15, 0.2) is 0 Å². The Hall–Kier alpha value is -3.12. The molecule has 27 heavy (non-hydrogen) atoms. The van der Waals surface area contributed by atoms with Crippen LogP contribution < -0.4 is 10.5 Å². The average molecular weight is 360 g/mol. The van der Waals surface area contributed by atoms with Crippen molar-refractivity contribution in [3.63, 3.8) is 0 Å². The molecule has 3 heterocycles. The van der Waals surface area contributed by atoms with Gasteiger partial charge in [0.2, 0.25) is 0 Å². The van der Waals surface area contributed by atoms with Gasteiger partial charge in [0, 0.05) is 24.3 Å². The number of fused-ring (bicyclic) bond motifs is 2. The van der Waals surface area contributed by atoms with Gasteiger partial charge in [-0.05, 0) is 31.0 Å². The summed E-state index contributed by atoms with van der Waals surface area (Å²) < 4.78 is 11.5. The van der Waals surface area contributed by atoms with Crippen molar-refractivity contribution < 1.29 is 9.47 Å². The maximum atomic E-state index is 6.38. The van der Waals surface area contributed by atoms with Crippen molar-refractivity contribution in [2.24, 2.45) is 0 Å². The molecule has 136 valence electrons. The molecule has 1 saturated heterocycles. The highest BCUT2D eigenvalue weighted by atomic mass is 16.5. The fraction of sp³-hybridized carbons (Fsp3) is 0.238. The number of nitrogen functional groups attached to an aromatic ring is 1. The Morgan fingerprint density at radius 1 is 1.19 bits per heavy atom. The zero-order valence-corrected chi connectivity index (χ0v) is 14.8. The number of pyridine rings is 1. The summed E-state index contributed by atoms with van der Waals surface area (Å²) in [5.74, 6) is 1.51. The van der Waals surface area contributed by atoms with Crippen LogP contribution in [0.25, 0.3) is 33.3 Å². The zero-order chi connectivity index (χ0) is 18.2. The molecule has 0 bridgehead atoms. The van der Waals surface area contributed by atoms with Crippen molar-refractivity contribution in [2.45, 2.75) is 18.9 Å². The molecule has 3 N–H and O–H groups in total. The number of ether oxygens (including phenoxy) is 2. The number of aromatic nitrogens is 3. The van der Waals surface area contributed by atoms with Crippen molar-refractivity contribution in [1.82, 2.24) is 15.0 Å². The summed E-state index contributed by atoms with van der Waals surface area (Å²) in [5, 5.41) is 0.927. The molecule has 6 heteroatoms. The largest absolute Gasteiger partial charge is 0.491 e. The van der Waals surface area contributed by atoms with Gasteiger partial charge >= 0.3 is 0 Å². The Kier molecular flexibility index (Phi) is 3.90. The van der Waals surface area contributed by atoms with E-state index >= 15 is 0 Å². The Morgan fingerprint density at radius 3 is 3.00 bits per heavy atom. The summed E-state index contributed by atoms with van der Waals surface area (Å²) in [6.45, 7) is 1.41. The van der Waals surface area contributed by atoms with Gasteiger partial charge in [0.05, 0.1) is 33.9 Å². The monoisotopic (exact) mass is 360 g/mol. The molecule has 2 aromatic heterocycles. The first-order valence-electron chi connectivity index (χ1n) is 9.16. The molecular weight excluding hydrogens is 340 g/mol. The molecule has 2 aromatic carbocycles. The van der Waals surface area contributed by atoms with E-state index < -0.39 is 0 Å². The molecule has 1 aliphatic rings. The number of nitrogens with two attached hydrogens (primary N) is 1. The molecular formula is C21H20N4O2. The highest BCUT2D eigenvalue weighted by Crippen LogP contribution is 2.31. The highest BCUT2D eigenvalue weighted by Gasteiger charge is 2.16. The number of aromatic amines is 1. The van der Waals surface area contributed by atoms with Gasteiger partial charge in [-0.2, -0.15) is 0 Å². The summed E-state index contributed by atoms with van der Waals surface area (Å²) >= 11 is 0. The number of nitrogens with zero attached hydrogens (tertiary/aromatic N) is 2. The normalized spacial score (nSPS) is 17.0. The number of H-pyrrole nitrogens is 1. The number of nitrogens with one attached hydrogen (secondary N) is 1. The van der Waals surface area contributed by atoms with Crippen LogP contribution in [0.1, 0.15) is 12.8 Å². The SMILES string of the molecule is Nc1c(-c2nc3ccc(OCC4CCCO4)cc3[nH]2)cnc2ccccc12. The fourth-order valence-electron chi connectivity index (χ4n) is 3.52. The molecule has 0 amide bonds. The standard InChI is InChI=1S/C21H20N4O2/c22-20-15-5-1-2-6-17(15)23-11-16(20)21-24-18-8-7-13(10-19(18)25-21)27-12-14-4-3-9-26-14/h1-2,5-8,10-11,14H,3-4,9,12H2,(H2,22,23)(H,24,25). The molecule has 0 saturated carbocycles. The Morgan fingerprint density at radius 2 is 2.11 bits per heavy atom. The minimum atomic E-state index is 0.196. The van der Waals surface area contributed by atoms with Gasteiger partial charge in [0.1, 0.15) is 18.2 Å². The van der Waals surface area contributed by atoms with Crippen molar-refractivity contribution >= 4 is 27.6 Å². The molecule has 0 radical (unpaired) electrons. The summed E-state index contributed by atoms with van der Waals surface area (Å²) in [5.41, 5.74) is 10.5. The number of rotatable bonds is 4. The third-order valence-corrected chi connectivity index (χ3v) is 4.99. The van der Waals surface area contributed by atoms with Crippen molar-refractivity contribution in [1.29, 1.82) is 0 Å². The predicted octanol–water partition coefficient (Wildman–Crippen LogP) is 3.92. The molecule has 0 spiro atoms. The van der Waals surface area contributed by atoms with E-state index in [4.69, 9.17) is 15.2 Å². The molecule has 5 rings (SSSR count). The van der Waals surface area contributed by atoms with Crippen LogP contribution in [0.2, 0.25) is 0 Å². The first-order chi connectivity index (χ1) is 13.3. The zero-order valence-electron chi connectivity index (χ0n) is 14.8. The average Bonchev–Trinajstić information content (AvgIpc) is 3.36. The minimum Gasteiger partial charge on any atom is -0.491 e. The lowest BCUT2D eigenvalue weighted by Crippen LogP contribution is -2.16. The van der Waals surface area contributed by atoms with Crippen LogP contribution in [-0.2, 0) is 4.74 Å². The Bertz CT molecular complexity index is 1120. The predicted molar refractivity (Wildman–Crippen MR) is 106 cm³/mol. The van der Waals surface area contributed by atoms with E-state index in [1.807, 2.05) is 42.5 Å². The maximum Gasteiger partial charge on any atom is 0.142 e. The first-order valence-corrected chi connectivity index (χ1v) is 9.16. The van der Waals surface area contributed by atoms with Crippen LogP contribution in [0.5, 0.6) is 5.75 Å². The van der Waals surface area contributed by atoms with E-state index in [-0.39, 0.29) is 6.10 Å². The topological polar surface area (TPSA) is 86.0 Å². The van der Waals surface area contributed by atoms with E-state index in [0.29, 0.717) is 18.1 Å². The van der Waals surface area contributed by atoms with Crippen LogP contribution in [-0.4, -0.2) is 34.3 Å². The molecule has 1 atom stereocenters. The number of anilines is 1. The van der Waals surface area contributed by atoms with E-state index in [2.05, 4.69) is 15.0 Å². The smallest absolute Gasteiger partial charge is 0.142 e. The lowest BCUT2D eigenvalue weighted by molar-refractivity contribution is 0.0680. The van der Waals surface area contributed by atoms with Gasteiger partial charge < -0.3 is 20.2 Å². The van der Waals surface area contributed by atoms with Crippen LogP contribution >= 0.6 is 0 Å². The summed E-state index contributed by atoms with van der Waals surface area (Å²) in [6, 6.07) is 13.7. The van der Waals surface area contributed by atoms with Crippen molar-refractivity contribution in [3.8, 4) is 17.1 Å². The second kappa shape index (κ2) is 6.55. The van der Waals surface area contributed by atoms with Gasteiger partial charge in [-0.3, -0.25) is 4.98 Å². The van der Waals surface area contributed by atoms with Crippen LogP contribution in [0.3, 0.4) is 0 Å². The first kappa shape index (κ1) is 16.1. The van der Waals surface area contributed by atoms with E-state index in [1.165, 1.54) is 0 Å². The number of hydrogen-bond acceptors (Lipinski definition) is 5. The Balaban J connectivity index is 1.46. The number of imidazole rings is 1. The molecule has 1 aliphatic heterocycles. The van der Waals surface area contributed by atoms with Crippen LogP contribution in [0, 0.1) is 0 Å². The molecule has 0 aliphatic carbocycles. The van der Waals surface area contributed by atoms with Gasteiger partial charge in [0.25, 0.3) is 0 Å². The van der Waals surface area contributed by atoms with Crippen molar-refractivity contribution in [2.75, 3.05) is 18.9 Å². The molecule has 1 fully saturated rings. The summed E-state index contributed by atoms with van der Waals surface area (Å²) in [6.07, 6.45) is 4.13. The van der Waals surface area contributed by atoms with Crippen LogP contribution in [0.4, 0.5) is 5.69 Å². The molecule has 6 nitrogen and oxygen atoms in total. The van der Waals surface area contributed by atoms with Gasteiger partial charge in [-0.25, -0.2) is 4.98 Å². The van der Waals surface area contributed by atoms with Crippen LogP contribution in [0.15, 0.2) is 48.7 Å². The van der Waals surface area contributed by atoms with E-state index in [0.717, 1.165) is 52.7 Å². The Labute approximate surface area is 156 Å². The number of hydrogen-bond donors (Lipinski definition) is 2. The summed E-state index contributed by atoms with van der Waals surface area (Å²) in [4.78, 5) is 12.5. The van der Waals surface area contributed by atoms with Gasteiger partial charge in [-0.15, -0.1) is 0 Å². The minimum absolute atomic E-state index is 0.196. The lowest BCUT2D eigenvalue weighted by Gasteiger charge is -2.11. The third-order valence-electron chi connectivity index (χ3n) is 4.99. The van der Waals surface area contributed by atoms with Crippen molar-refractivity contribution in [3.05, 3.63) is 48.7 Å². The third kappa shape index (κ3) is 2.98. The number of benzene rings is 2. The van der Waals surface area contributed by atoms with E-state index in [9.17, 15) is 0 Å². The molecule has 4 aromatic rings.